The van der Waals surface area contributed by atoms with Crippen LogP contribution in [0.25, 0.3) is 0 Å². The summed E-state index contributed by atoms with van der Waals surface area (Å²) in [5.41, 5.74) is 0.518. The molecule has 0 heterocycles. The van der Waals surface area contributed by atoms with Crippen LogP contribution in [0.15, 0.2) is 18.2 Å². The summed E-state index contributed by atoms with van der Waals surface area (Å²) in [6, 6.07) is 5.41. The molecule has 1 rings (SSSR count). The molecular weight excluding hydrogens is 242 g/mol. The van der Waals surface area contributed by atoms with Gasteiger partial charge in [0.2, 0.25) is 0 Å². The molecule has 0 saturated heterocycles. The van der Waals surface area contributed by atoms with Crippen LogP contribution in [0.2, 0.25) is 0 Å². The van der Waals surface area contributed by atoms with E-state index in [1.807, 2.05) is 12.1 Å². The van der Waals surface area contributed by atoms with Gasteiger partial charge in [0.05, 0.1) is 7.11 Å². The van der Waals surface area contributed by atoms with Crippen LogP contribution >= 0.6 is 0 Å². The molecule has 19 heavy (non-hydrogen) atoms. The number of Topliss-reactive ketones (excluding diaryl/α,β-unsaturated/α-hetero) is 1. The number of carbonyl (C=O) groups excluding carboxylic acids is 1. The number of likely N-dealkylation sites (N-methyl/N-ethyl adjacent to an activating group) is 1. The Bertz CT molecular complexity index is 414. The Morgan fingerprint density at radius 1 is 1.21 bits per heavy atom. The first-order chi connectivity index (χ1) is 9.13. The maximum Gasteiger partial charge on any atom is 0.167 e. The number of nitrogens with zero attached hydrogens (tertiary/aromatic N) is 1. The summed E-state index contributed by atoms with van der Waals surface area (Å²) in [4.78, 5) is 14.0. The fourth-order valence-corrected chi connectivity index (χ4v) is 1.97. The number of ether oxygens (including phenoxy) is 2. The van der Waals surface area contributed by atoms with Crippen molar-refractivity contribution in [3.05, 3.63) is 23.8 Å². The first-order valence-electron chi connectivity index (χ1n) is 6.67. The third kappa shape index (κ3) is 4.24. The van der Waals surface area contributed by atoms with Crippen LogP contribution < -0.4 is 9.47 Å². The van der Waals surface area contributed by atoms with Gasteiger partial charge < -0.3 is 14.4 Å². The van der Waals surface area contributed by atoms with Crippen molar-refractivity contribution >= 4 is 5.78 Å². The minimum Gasteiger partial charge on any atom is -0.496 e. The van der Waals surface area contributed by atoms with Crippen molar-refractivity contribution in [3.8, 4) is 11.5 Å². The summed E-state index contributed by atoms with van der Waals surface area (Å²) in [6.45, 7) is 9.17. The highest BCUT2D eigenvalue weighted by atomic mass is 16.5. The minimum absolute atomic E-state index is 0.0460. The van der Waals surface area contributed by atoms with Crippen molar-refractivity contribution < 1.29 is 14.3 Å². The number of rotatable bonds is 8. The van der Waals surface area contributed by atoms with Crippen molar-refractivity contribution in [3.63, 3.8) is 0 Å². The van der Waals surface area contributed by atoms with Crippen LogP contribution in [0, 0.1) is 0 Å². The second-order valence-electron chi connectivity index (χ2n) is 4.26. The predicted octanol–water partition coefficient (Wildman–Crippen LogP) is 2.62. The fourth-order valence-electron chi connectivity index (χ4n) is 1.97. The minimum atomic E-state index is -0.0460. The zero-order chi connectivity index (χ0) is 14.3. The normalized spacial score (nSPS) is 10.6. The molecule has 0 aromatic heterocycles. The van der Waals surface area contributed by atoms with Gasteiger partial charge in [-0.05, 0) is 32.1 Å². The number of benzene rings is 1. The molecule has 4 nitrogen and oxygen atoms in total. The molecule has 0 aliphatic carbocycles. The van der Waals surface area contributed by atoms with Gasteiger partial charge in [-0.1, -0.05) is 19.9 Å². The van der Waals surface area contributed by atoms with Gasteiger partial charge in [-0.2, -0.15) is 0 Å². The lowest BCUT2D eigenvalue weighted by Crippen LogP contribution is -2.28. The molecule has 106 valence electrons. The first kappa shape index (κ1) is 15.5. The Morgan fingerprint density at radius 2 is 1.84 bits per heavy atom. The SMILES string of the molecule is CCN(CC)CCOc1cccc(OC)c1C(C)=O. The number of ketones is 1. The second-order valence-corrected chi connectivity index (χ2v) is 4.26. The van der Waals surface area contributed by atoms with Gasteiger partial charge in [0, 0.05) is 6.54 Å². The van der Waals surface area contributed by atoms with Gasteiger partial charge in [-0.3, -0.25) is 4.79 Å². The Morgan fingerprint density at radius 3 is 2.37 bits per heavy atom. The van der Waals surface area contributed by atoms with Crippen LogP contribution in [0.5, 0.6) is 11.5 Å². The van der Waals surface area contributed by atoms with Gasteiger partial charge in [-0.15, -0.1) is 0 Å². The maximum absolute atomic E-state index is 11.7. The van der Waals surface area contributed by atoms with Gasteiger partial charge in [0.25, 0.3) is 0 Å². The Kier molecular flexibility index (Phi) is 6.36. The second kappa shape index (κ2) is 7.79. The zero-order valence-corrected chi connectivity index (χ0v) is 12.2. The molecule has 0 atom stereocenters. The highest BCUT2D eigenvalue weighted by Gasteiger charge is 2.14. The Balaban J connectivity index is 2.75. The molecule has 0 amide bonds. The maximum atomic E-state index is 11.7. The smallest absolute Gasteiger partial charge is 0.167 e. The van der Waals surface area contributed by atoms with E-state index in [-0.39, 0.29) is 5.78 Å². The molecule has 0 saturated carbocycles. The third-order valence-corrected chi connectivity index (χ3v) is 3.12. The Labute approximate surface area is 115 Å². The topological polar surface area (TPSA) is 38.8 Å². The Hall–Kier alpha value is -1.55. The van der Waals surface area contributed by atoms with E-state index in [0.717, 1.165) is 19.6 Å². The van der Waals surface area contributed by atoms with Crippen LogP contribution in [0.1, 0.15) is 31.1 Å². The average molecular weight is 265 g/mol. The molecular formula is C15H23NO3. The monoisotopic (exact) mass is 265 g/mol. The van der Waals surface area contributed by atoms with Gasteiger partial charge >= 0.3 is 0 Å². The van der Waals surface area contributed by atoms with Crippen molar-refractivity contribution in [2.45, 2.75) is 20.8 Å². The molecule has 0 fully saturated rings. The molecule has 0 radical (unpaired) electrons. The van der Waals surface area contributed by atoms with Crippen molar-refractivity contribution in [2.24, 2.45) is 0 Å². The summed E-state index contributed by atoms with van der Waals surface area (Å²) >= 11 is 0. The quantitative estimate of drug-likeness (QED) is 0.677. The lowest BCUT2D eigenvalue weighted by molar-refractivity contribution is 0.101. The van der Waals surface area contributed by atoms with E-state index in [4.69, 9.17) is 9.47 Å². The largest absolute Gasteiger partial charge is 0.496 e. The molecule has 1 aromatic rings. The number of hydrogen-bond acceptors (Lipinski definition) is 4. The third-order valence-electron chi connectivity index (χ3n) is 3.12. The molecule has 0 N–H and O–H groups in total. The highest BCUT2D eigenvalue weighted by Crippen LogP contribution is 2.28. The number of methoxy groups -OCH3 is 1. The van der Waals surface area contributed by atoms with Gasteiger partial charge in [-0.25, -0.2) is 0 Å². The average Bonchev–Trinajstić information content (AvgIpc) is 2.42. The van der Waals surface area contributed by atoms with E-state index in [2.05, 4.69) is 18.7 Å². The van der Waals surface area contributed by atoms with Crippen LogP contribution in [-0.4, -0.2) is 44.0 Å². The molecule has 0 aliphatic rings. The fraction of sp³-hybridized carbons (Fsp3) is 0.533. The molecule has 0 spiro atoms. The number of hydrogen-bond donors (Lipinski definition) is 0. The van der Waals surface area contributed by atoms with E-state index in [9.17, 15) is 4.79 Å². The standard InChI is InChI=1S/C15H23NO3/c1-5-16(6-2)10-11-19-14-9-7-8-13(18-4)15(14)12(3)17/h7-9H,5-6,10-11H2,1-4H3. The van der Waals surface area contributed by atoms with Gasteiger partial charge in [0.15, 0.2) is 5.78 Å². The summed E-state index contributed by atoms with van der Waals surface area (Å²) in [7, 11) is 1.56. The van der Waals surface area contributed by atoms with E-state index in [1.165, 1.54) is 6.92 Å². The van der Waals surface area contributed by atoms with Gasteiger partial charge in [0.1, 0.15) is 23.7 Å². The van der Waals surface area contributed by atoms with E-state index in [0.29, 0.717) is 23.7 Å². The molecule has 0 bridgehead atoms. The van der Waals surface area contributed by atoms with Crippen molar-refractivity contribution in [1.29, 1.82) is 0 Å². The molecule has 0 unspecified atom stereocenters. The summed E-state index contributed by atoms with van der Waals surface area (Å²) in [5.74, 6) is 1.11. The lowest BCUT2D eigenvalue weighted by Gasteiger charge is -2.19. The van der Waals surface area contributed by atoms with E-state index in [1.54, 1.807) is 13.2 Å². The first-order valence-corrected chi connectivity index (χ1v) is 6.67. The van der Waals surface area contributed by atoms with Crippen LogP contribution in [-0.2, 0) is 0 Å². The molecule has 4 heteroatoms. The summed E-state index contributed by atoms with van der Waals surface area (Å²) in [5, 5.41) is 0. The summed E-state index contributed by atoms with van der Waals surface area (Å²) in [6.07, 6.45) is 0. The molecule has 0 aliphatic heterocycles. The number of carbonyl (C=O) groups is 1. The summed E-state index contributed by atoms with van der Waals surface area (Å²) < 4.78 is 10.9. The molecule has 1 aromatic carbocycles. The lowest BCUT2D eigenvalue weighted by atomic mass is 10.1. The predicted molar refractivity (Wildman–Crippen MR) is 76.3 cm³/mol. The van der Waals surface area contributed by atoms with Crippen molar-refractivity contribution in [2.75, 3.05) is 33.4 Å². The zero-order valence-electron chi connectivity index (χ0n) is 12.2. The van der Waals surface area contributed by atoms with Crippen LogP contribution in [0.4, 0.5) is 0 Å². The van der Waals surface area contributed by atoms with Crippen molar-refractivity contribution in [1.82, 2.24) is 4.90 Å². The highest BCUT2D eigenvalue weighted by molar-refractivity contribution is 5.99. The van der Waals surface area contributed by atoms with E-state index >= 15 is 0 Å². The van der Waals surface area contributed by atoms with E-state index < -0.39 is 0 Å². The van der Waals surface area contributed by atoms with Crippen LogP contribution in [0.3, 0.4) is 0 Å².